The van der Waals surface area contributed by atoms with Crippen molar-refractivity contribution in [3.63, 3.8) is 0 Å². The van der Waals surface area contributed by atoms with Gasteiger partial charge in [0.2, 0.25) is 0 Å². The van der Waals surface area contributed by atoms with Gasteiger partial charge < -0.3 is 9.15 Å². The van der Waals surface area contributed by atoms with Gasteiger partial charge in [-0.2, -0.15) is 13.2 Å². The summed E-state index contributed by atoms with van der Waals surface area (Å²) in [6, 6.07) is 3.85. The molecule has 2 rings (SSSR count). The van der Waals surface area contributed by atoms with Crippen LogP contribution in [0, 0.1) is 0 Å². The van der Waals surface area contributed by atoms with Gasteiger partial charge in [0.15, 0.2) is 0 Å². The maximum atomic E-state index is 12.4. The lowest BCUT2D eigenvalue weighted by molar-refractivity contribution is -0.140. The van der Waals surface area contributed by atoms with Gasteiger partial charge in [0.05, 0.1) is 13.4 Å². The van der Waals surface area contributed by atoms with E-state index in [1.807, 2.05) is 0 Å². The number of esters is 1. The zero-order valence-corrected chi connectivity index (χ0v) is 10.3. The fraction of sp³-hybridized carbons (Fsp3) is 0.231. The van der Waals surface area contributed by atoms with E-state index in [9.17, 15) is 22.8 Å². The van der Waals surface area contributed by atoms with Crippen molar-refractivity contribution in [2.24, 2.45) is 0 Å². The summed E-state index contributed by atoms with van der Waals surface area (Å²) in [5, 5.41) is 0. The number of carbonyl (C=O) groups excluding carboxylic acids is 2. The van der Waals surface area contributed by atoms with E-state index >= 15 is 0 Å². The van der Waals surface area contributed by atoms with Crippen LogP contribution in [0.5, 0.6) is 0 Å². The van der Waals surface area contributed by atoms with Gasteiger partial charge in [-0.3, -0.25) is 9.59 Å². The molecule has 0 fully saturated rings. The molecule has 0 radical (unpaired) electrons. The summed E-state index contributed by atoms with van der Waals surface area (Å²) >= 11 is 0. The zero-order chi connectivity index (χ0) is 14.9. The third-order valence-electron chi connectivity index (χ3n) is 2.72. The number of ketones is 1. The third-order valence-corrected chi connectivity index (χ3v) is 2.72. The van der Waals surface area contributed by atoms with Gasteiger partial charge in [0.1, 0.15) is 12.2 Å². The normalized spacial score (nSPS) is 11.6. The van der Waals surface area contributed by atoms with Gasteiger partial charge >= 0.3 is 12.1 Å². The first-order valence-corrected chi connectivity index (χ1v) is 5.51. The van der Waals surface area contributed by atoms with Gasteiger partial charge in [-0.1, -0.05) is 6.07 Å². The lowest BCUT2D eigenvalue weighted by Gasteiger charge is -2.07. The molecule has 0 bridgehead atoms. The first-order valence-electron chi connectivity index (χ1n) is 5.51. The minimum atomic E-state index is -4.94. The van der Waals surface area contributed by atoms with E-state index in [0.29, 0.717) is 5.56 Å². The lowest BCUT2D eigenvalue weighted by Crippen LogP contribution is -2.22. The number of rotatable bonds is 3. The molecule has 0 unspecified atom stereocenters. The number of halogens is 3. The van der Waals surface area contributed by atoms with Crippen LogP contribution in [0.15, 0.2) is 28.9 Å². The Morgan fingerprint density at radius 3 is 2.60 bits per heavy atom. The summed E-state index contributed by atoms with van der Waals surface area (Å²) in [5.41, 5.74) is -0.0236. The molecule has 1 heterocycles. The number of carbonyl (C=O) groups is 2. The minimum absolute atomic E-state index is 0.0564. The van der Waals surface area contributed by atoms with E-state index in [0.717, 1.165) is 12.3 Å². The van der Waals surface area contributed by atoms with Crippen LogP contribution >= 0.6 is 0 Å². The van der Waals surface area contributed by atoms with Crippen molar-refractivity contribution in [3.05, 3.63) is 35.8 Å². The average Bonchev–Trinajstić information content (AvgIpc) is 2.79. The molecule has 4 nitrogen and oxygen atoms in total. The number of fused-ring (bicyclic) bond motifs is 1. The predicted molar refractivity (Wildman–Crippen MR) is 61.4 cm³/mol. The van der Waals surface area contributed by atoms with Crippen molar-refractivity contribution in [2.45, 2.75) is 12.6 Å². The Kier molecular flexibility index (Phi) is 3.52. The van der Waals surface area contributed by atoms with Gasteiger partial charge in [0, 0.05) is 11.1 Å². The second-order valence-electron chi connectivity index (χ2n) is 4.04. The van der Waals surface area contributed by atoms with Gasteiger partial charge in [0.25, 0.3) is 5.78 Å². The van der Waals surface area contributed by atoms with Crippen molar-refractivity contribution < 1.29 is 31.9 Å². The smallest absolute Gasteiger partial charge is 0.454 e. The Morgan fingerprint density at radius 2 is 2.00 bits per heavy atom. The van der Waals surface area contributed by atoms with E-state index in [2.05, 4.69) is 4.74 Å². The number of hydrogen-bond acceptors (Lipinski definition) is 4. The van der Waals surface area contributed by atoms with Crippen LogP contribution in [0.25, 0.3) is 11.1 Å². The Morgan fingerprint density at radius 1 is 1.30 bits per heavy atom. The minimum Gasteiger partial charge on any atom is -0.469 e. The van der Waals surface area contributed by atoms with Crippen molar-refractivity contribution in [1.82, 2.24) is 0 Å². The molecule has 106 valence electrons. The van der Waals surface area contributed by atoms with Crippen molar-refractivity contribution >= 4 is 11.8 Å². The van der Waals surface area contributed by atoms with Crippen LogP contribution < -0.4 is 0 Å². The Bertz CT molecular complexity index is 627. The highest BCUT2D eigenvalue weighted by atomic mass is 19.4. The summed E-state index contributed by atoms with van der Waals surface area (Å²) in [4.78, 5) is 22.3. The van der Waals surface area contributed by atoms with E-state index in [4.69, 9.17) is 4.42 Å². The summed E-state index contributed by atoms with van der Waals surface area (Å²) in [7, 11) is 1.21. The maximum Gasteiger partial charge on any atom is 0.454 e. The molecule has 0 atom stereocenters. The number of methoxy groups -OCH3 is 1. The molecule has 0 saturated heterocycles. The van der Waals surface area contributed by atoms with E-state index in [-0.39, 0.29) is 17.7 Å². The summed E-state index contributed by atoms with van der Waals surface area (Å²) < 4.78 is 46.7. The lowest BCUT2D eigenvalue weighted by atomic mass is 10.1. The second-order valence-corrected chi connectivity index (χ2v) is 4.04. The molecule has 1 aliphatic heterocycles. The number of alkyl halides is 3. The molecule has 0 aromatic rings. The molecule has 0 aromatic carbocycles. The first-order chi connectivity index (χ1) is 9.32. The third kappa shape index (κ3) is 2.66. The molecule has 2 aliphatic rings. The van der Waals surface area contributed by atoms with Gasteiger partial charge in [-0.25, -0.2) is 0 Å². The predicted octanol–water partition coefficient (Wildman–Crippen LogP) is 2.84. The number of Topliss-reactive ketones (excluding diaryl/α,β-unsaturated/α-hetero) is 1. The van der Waals surface area contributed by atoms with E-state index in [1.54, 1.807) is 0 Å². The molecule has 0 N–H and O–H groups in total. The number of ether oxygens (including phenoxy) is 1. The van der Waals surface area contributed by atoms with Crippen LogP contribution in [-0.4, -0.2) is 25.0 Å². The maximum absolute atomic E-state index is 12.4. The highest BCUT2D eigenvalue weighted by Gasteiger charge is 2.41. The van der Waals surface area contributed by atoms with Crippen LogP contribution in [0.1, 0.15) is 16.1 Å². The number of hydrogen-bond donors (Lipinski definition) is 0. The van der Waals surface area contributed by atoms with Crippen LogP contribution in [0.3, 0.4) is 0 Å². The first kappa shape index (κ1) is 14.1. The van der Waals surface area contributed by atoms with E-state index < -0.39 is 23.5 Å². The quantitative estimate of drug-likeness (QED) is 0.643. The molecule has 0 amide bonds. The van der Waals surface area contributed by atoms with Crippen LogP contribution in [0.2, 0.25) is 0 Å². The monoisotopic (exact) mass is 286 g/mol. The Balaban J connectivity index is 2.36. The average molecular weight is 286 g/mol. The zero-order valence-electron chi connectivity index (χ0n) is 10.3. The molecule has 7 heteroatoms. The topological polar surface area (TPSA) is 56.5 Å². The van der Waals surface area contributed by atoms with Crippen LogP contribution in [0.4, 0.5) is 13.2 Å². The SMILES string of the molecule is COC(=O)Cc1cc2ccc(C(=O)C(F)(F)F)c-2co1. The van der Waals surface area contributed by atoms with Crippen molar-refractivity contribution in [1.29, 1.82) is 0 Å². The summed E-state index contributed by atoms with van der Waals surface area (Å²) in [5.74, 6) is -2.23. The molecular formula is C13H9F3O4. The Labute approximate surface area is 111 Å². The molecule has 1 aliphatic carbocycles. The molecule has 20 heavy (non-hydrogen) atoms. The highest BCUT2D eigenvalue weighted by molar-refractivity contribution is 6.06. The highest BCUT2D eigenvalue weighted by Crippen LogP contribution is 2.33. The van der Waals surface area contributed by atoms with Gasteiger partial charge in [-0.15, -0.1) is 0 Å². The molecule has 0 spiro atoms. The fourth-order valence-corrected chi connectivity index (χ4v) is 1.77. The van der Waals surface area contributed by atoms with Gasteiger partial charge in [-0.05, 0) is 17.7 Å². The van der Waals surface area contributed by atoms with Crippen molar-refractivity contribution in [2.75, 3.05) is 7.11 Å². The van der Waals surface area contributed by atoms with Crippen LogP contribution in [-0.2, 0) is 16.0 Å². The molecule has 0 aromatic heterocycles. The van der Waals surface area contributed by atoms with E-state index in [1.165, 1.54) is 19.2 Å². The molecular weight excluding hydrogens is 277 g/mol. The molecule has 0 saturated carbocycles. The largest absolute Gasteiger partial charge is 0.469 e. The summed E-state index contributed by atoms with van der Waals surface area (Å²) in [6.45, 7) is 0. The second kappa shape index (κ2) is 4.99. The fourth-order valence-electron chi connectivity index (χ4n) is 1.77. The summed E-state index contributed by atoms with van der Waals surface area (Å²) in [6.07, 6.45) is -4.04. The Hall–Kier alpha value is -2.31. The standard InChI is InChI=1S/C13H9F3O4/c1-19-11(17)5-8-4-7-2-3-9(10(7)6-20-8)12(18)13(14,15)16/h2-4,6H,5H2,1H3. The van der Waals surface area contributed by atoms with Crippen molar-refractivity contribution in [3.8, 4) is 11.1 Å².